The highest BCUT2D eigenvalue weighted by Crippen LogP contribution is 2.29. The predicted octanol–water partition coefficient (Wildman–Crippen LogP) is 1.39. The van der Waals surface area contributed by atoms with E-state index < -0.39 is 6.10 Å². The number of hydrogen-bond donors (Lipinski definition) is 1. The number of aliphatic hydroxyl groups excluding tert-OH is 1. The first-order valence-corrected chi connectivity index (χ1v) is 5.49. The number of ketones is 1. The summed E-state index contributed by atoms with van der Waals surface area (Å²) in [5, 5.41) is 11.8. The maximum absolute atomic E-state index is 11.5. The summed E-state index contributed by atoms with van der Waals surface area (Å²) < 4.78 is 5.20. The van der Waals surface area contributed by atoms with Gasteiger partial charge in [0.15, 0.2) is 0 Å². The molecule has 1 aromatic heterocycles. The molecule has 0 saturated carbocycles. The summed E-state index contributed by atoms with van der Waals surface area (Å²) in [6.07, 6.45) is -0.268. The van der Waals surface area contributed by atoms with Gasteiger partial charge in [-0.15, -0.1) is 11.3 Å². The minimum absolute atomic E-state index is 0.108. The third-order valence-electron chi connectivity index (χ3n) is 2.42. The van der Waals surface area contributed by atoms with E-state index >= 15 is 0 Å². The van der Waals surface area contributed by atoms with Gasteiger partial charge in [-0.2, -0.15) is 0 Å². The number of carbonyl (C=O) groups excluding carboxylic acids is 1. The van der Waals surface area contributed by atoms with Crippen LogP contribution in [0.1, 0.15) is 17.4 Å². The standard InChI is InChI=1S/C10H12O3S/c11-8-3-4-13-6-7(8)10(12)9-2-1-5-14-9/h1-2,5,7,10,12H,3-4,6H2/t7-,10-/m1/s1. The summed E-state index contributed by atoms with van der Waals surface area (Å²) in [6.45, 7) is 0.838. The van der Waals surface area contributed by atoms with E-state index in [0.29, 0.717) is 19.6 Å². The molecule has 4 heteroatoms. The average molecular weight is 212 g/mol. The van der Waals surface area contributed by atoms with Gasteiger partial charge in [0.25, 0.3) is 0 Å². The van der Waals surface area contributed by atoms with Crippen LogP contribution in [0.25, 0.3) is 0 Å². The number of ether oxygens (including phenoxy) is 1. The first-order valence-electron chi connectivity index (χ1n) is 4.61. The van der Waals surface area contributed by atoms with Crippen molar-refractivity contribution < 1.29 is 14.6 Å². The van der Waals surface area contributed by atoms with Crippen molar-refractivity contribution in [2.75, 3.05) is 13.2 Å². The fourth-order valence-electron chi connectivity index (χ4n) is 1.59. The minimum atomic E-state index is -0.692. The third-order valence-corrected chi connectivity index (χ3v) is 3.36. The lowest BCUT2D eigenvalue weighted by atomic mass is 9.94. The van der Waals surface area contributed by atoms with Gasteiger partial charge in [0.05, 0.1) is 19.1 Å². The van der Waals surface area contributed by atoms with Crippen LogP contribution in [-0.4, -0.2) is 24.1 Å². The number of rotatable bonds is 2. The molecular formula is C10H12O3S. The van der Waals surface area contributed by atoms with Gasteiger partial charge in [0, 0.05) is 11.3 Å². The van der Waals surface area contributed by atoms with E-state index in [0.717, 1.165) is 4.88 Å². The van der Waals surface area contributed by atoms with Crippen molar-refractivity contribution in [1.82, 2.24) is 0 Å². The van der Waals surface area contributed by atoms with E-state index in [1.165, 1.54) is 11.3 Å². The van der Waals surface area contributed by atoms with Gasteiger partial charge in [-0.25, -0.2) is 0 Å². The Balaban J connectivity index is 2.10. The Morgan fingerprint density at radius 1 is 1.64 bits per heavy atom. The molecule has 0 aromatic carbocycles. The van der Waals surface area contributed by atoms with Crippen LogP contribution in [0.3, 0.4) is 0 Å². The first-order chi connectivity index (χ1) is 6.79. The molecule has 76 valence electrons. The van der Waals surface area contributed by atoms with E-state index in [2.05, 4.69) is 0 Å². The van der Waals surface area contributed by atoms with Crippen molar-refractivity contribution in [2.45, 2.75) is 12.5 Å². The largest absolute Gasteiger partial charge is 0.387 e. The fourth-order valence-corrected chi connectivity index (χ4v) is 2.36. The predicted molar refractivity (Wildman–Crippen MR) is 53.2 cm³/mol. The van der Waals surface area contributed by atoms with Crippen molar-refractivity contribution in [3.05, 3.63) is 22.4 Å². The van der Waals surface area contributed by atoms with E-state index in [1.54, 1.807) is 0 Å². The Morgan fingerprint density at radius 3 is 3.14 bits per heavy atom. The topological polar surface area (TPSA) is 46.5 Å². The molecule has 2 heterocycles. The molecule has 14 heavy (non-hydrogen) atoms. The SMILES string of the molecule is O=C1CCOC[C@H]1[C@@H](O)c1cccs1. The number of hydrogen-bond acceptors (Lipinski definition) is 4. The smallest absolute Gasteiger partial charge is 0.143 e. The van der Waals surface area contributed by atoms with Crippen LogP contribution >= 0.6 is 11.3 Å². The Hall–Kier alpha value is -0.710. The summed E-state index contributed by atoms with van der Waals surface area (Å²) >= 11 is 1.47. The van der Waals surface area contributed by atoms with Gasteiger partial charge in [0.2, 0.25) is 0 Å². The lowest BCUT2D eigenvalue weighted by molar-refractivity contribution is -0.136. The molecule has 0 aliphatic carbocycles. The highest BCUT2D eigenvalue weighted by atomic mass is 32.1. The Labute approximate surface area is 86.3 Å². The molecule has 2 rings (SSSR count). The van der Waals surface area contributed by atoms with Crippen molar-refractivity contribution in [3.8, 4) is 0 Å². The van der Waals surface area contributed by atoms with E-state index in [4.69, 9.17) is 4.74 Å². The molecule has 1 aromatic rings. The number of aliphatic hydroxyl groups is 1. The summed E-state index contributed by atoms with van der Waals surface area (Å²) in [6, 6.07) is 3.72. The quantitative estimate of drug-likeness (QED) is 0.805. The molecule has 1 aliphatic heterocycles. The van der Waals surface area contributed by atoms with Crippen LogP contribution in [0.15, 0.2) is 17.5 Å². The normalized spacial score (nSPS) is 24.9. The number of Topliss-reactive ketones (excluding diaryl/α,β-unsaturated/α-hetero) is 1. The summed E-state index contributed by atoms with van der Waals surface area (Å²) in [4.78, 5) is 12.3. The second-order valence-electron chi connectivity index (χ2n) is 3.36. The van der Waals surface area contributed by atoms with E-state index in [-0.39, 0.29) is 11.7 Å². The molecule has 1 aliphatic rings. The molecule has 0 unspecified atom stereocenters. The Morgan fingerprint density at radius 2 is 2.50 bits per heavy atom. The lowest BCUT2D eigenvalue weighted by Gasteiger charge is -2.24. The molecule has 3 nitrogen and oxygen atoms in total. The zero-order valence-corrected chi connectivity index (χ0v) is 8.50. The van der Waals surface area contributed by atoms with Crippen LogP contribution in [0.5, 0.6) is 0 Å². The molecule has 0 bridgehead atoms. The van der Waals surface area contributed by atoms with Crippen LogP contribution < -0.4 is 0 Å². The van der Waals surface area contributed by atoms with Crippen LogP contribution in [-0.2, 0) is 9.53 Å². The van der Waals surface area contributed by atoms with Crippen LogP contribution in [0.4, 0.5) is 0 Å². The Kier molecular flexibility index (Phi) is 2.96. The molecule has 0 amide bonds. The van der Waals surface area contributed by atoms with Crippen molar-refractivity contribution in [1.29, 1.82) is 0 Å². The van der Waals surface area contributed by atoms with Gasteiger partial charge >= 0.3 is 0 Å². The van der Waals surface area contributed by atoms with Gasteiger partial charge < -0.3 is 9.84 Å². The molecule has 1 N–H and O–H groups in total. The fraction of sp³-hybridized carbons (Fsp3) is 0.500. The van der Waals surface area contributed by atoms with Crippen molar-refractivity contribution in [2.24, 2.45) is 5.92 Å². The number of thiophene rings is 1. The number of carbonyl (C=O) groups is 1. The highest BCUT2D eigenvalue weighted by molar-refractivity contribution is 7.10. The summed E-state index contributed by atoms with van der Waals surface area (Å²) in [5.74, 6) is -0.264. The van der Waals surface area contributed by atoms with E-state index in [1.807, 2.05) is 17.5 Å². The summed E-state index contributed by atoms with van der Waals surface area (Å²) in [7, 11) is 0. The average Bonchev–Trinajstić information content (AvgIpc) is 2.70. The zero-order chi connectivity index (χ0) is 9.97. The van der Waals surface area contributed by atoms with Gasteiger partial charge in [-0.1, -0.05) is 6.07 Å². The van der Waals surface area contributed by atoms with Crippen LogP contribution in [0, 0.1) is 5.92 Å². The van der Waals surface area contributed by atoms with Crippen LogP contribution in [0.2, 0.25) is 0 Å². The molecule has 0 radical (unpaired) electrons. The second-order valence-corrected chi connectivity index (χ2v) is 4.34. The molecule has 0 spiro atoms. The maximum Gasteiger partial charge on any atom is 0.143 e. The zero-order valence-electron chi connectivity index (χ0n) is 7.68. The Bertz CT molecular complexity index is 307. The highest BCUT2D eigenvalue weighted by Gasteiger charge is 2.31. The van der Waals surface area contributed by atoms with Gasteiger partial charge in [0.1, 0.15) is 11.9 Å². The maximum atomic E-state index is 11.5. The molecular weight excluding hydrogens is 200 g/mol. The minimum Gasteiger partial charge on any atom is -0.387 e. The molecule has 2 atom stereocenters. The van der Waals surface area contributed by atoms with Gasteiger partial charge in [-0.3, -0.25) is 4.79 Å². The third kappa shape index (κ3) is 1.87. The van der Waals surface area contributed by atoms with Crippen molar-refractivity contribution in [3.63, 3.8) is 0 Å². The second kappa shape index (κ2) is 4.21. The lowest BCUT2D eigenvalue weighted by Crippen LogP contribution is -2.32. The summed E-state index contributed by atoms with van der Waals surface area (Å²) in [5.41, 5.74) is 0. The first kappa shape index (κ1) is 9.83. The van der Waals surface area contributed by atoms with Gasteiger partial charge in [-0.05, 0) is 11.4 Å². The monoisotopic (exact) mass is 212 g/mol. The van der Waals surface area contributed by atoms with Crippen molar-refractivity contribution >= 4 is 17.1 Å². The van der Waals surface area contributed by atoms with E-state index in [9.17, 15) is 9.90 Å². The molecule has 1 saturated heterocycles. The molecule has 1 fully saturated rings.